The summed E-state index contributed by atoms with van der Waals surface area (Å²) in [5, 5.41) is 2.87. The smallest absolute Gasteiger partial charge is 0.220 e. The highest BCUT2D eigenvalue weighted by molar-refractivity contribution is 7.88. The van der Waals surface area contributed by atoms with E-state index in [1.165, 1.54) is 19.1 Å². The SMILES string of the molecule is CS(=O)(=O)N(CCNC(=O)CCc1ccccc1)C1CCCCCC1. The summed E-state index contributed by atoms with van der Waals surface area (Å²) in [6, 6.07) is 9.97. The Hall–Kier alpha value is -1.40. The number of aryl methyl sites for hydroxylation is 1. The normalized spacial score (nSPS) is 16.6. The molecule has 0 spiro atoms. The number of rotatable bonds is 8. The molecular weight excluding hydrogens is 336 g/mol. The molecule has 0 saturated heterocycles. The van der Waals surface area contributed by atoms with Crippen molar-refractivity contribution < 1.29 is 13.2 Å². The van der Waals surface area contributed by atoms with E-state index in [2.05, 4.69) is 5.32 Å². The molecule has 1 fully saturated rings. The highest BCUT2D eigenvalue weighted by Crippen LogP contribution is 2.23. The van der Waals surface area contributed by atoms with Gasteiger partial charge in [0.15, 0.2) is 0 Å². The highest BCUT2D eigenvalue weighted by atomic mass is 32.2. The van der Waals surface area contributed by atoms with E-state index >= 15 is 0 Å². The molecule has 25 heavy (non-hydrogen) atoms. The van der Waals surface area contributed by atoms with Gasteiger partial charge in [-0.25, -0.2) is 8.42 Å². The van der Waals surface area contributed by atoms with Crippen LogP contribution in [0.5, 0.6) is 0 Å². The monoisotopic (exact) mass is 366 g/mol. The largest absolute Gasteiger partial charge is 0.355 e. The van der Waals surface area contributed by atoms with Crippen LogP contribution in [0.15, 0.2) is 30.3 Å². The molecule has 0 radical (unpaired) electrons. The number of benzene rings is 1. The van der Waals surface area contributed by atoms with Crippen LogP contribution in [-0.2, 0) is 21.2 Å². The second kappa shape index (κ2) is 9.92. The van der Waals surface area contributed by atoms with Crippen LogP contribution in [0.3, 0.4) is 0 Å². The third kappa shape index (κ3) is 7.16. The molecule has 0 atom stereocenters. The van der Waals surface area contributed by atoms with E-state index in [1.807, 2.05) is 30.3 Å². The molecule has 1 N–H and O–H groups in total. The first-order chi connectivity index (χ1) is 12.0. The zero-order valence-electron chi connectivity index (χ0n) is 15.1. The highest BCUT2D eigenvalue weighted by Gasteiger charge is 2.26. The molecular formula is C19H30N2O3S. The summed E-state index contributed by atoms with van der Waals surface area (Å²) in [6.45, 7) is 0.734. The van der Waals surface area contributed by atoms with Gasteiger partial charge in [-0.15, -0.1) is 0 Å². The molecule has 1 saturated carbocycles. The standard InChI is InChI=1S/C19H30N2O3S/c1-25(23,24)21(18-11-7-2-3-8-12-18)16-15-20-19(22)14-13-17-9-5-4-6-10-17/h4-6,9-10,18H,2-3,7-8,11-16H2,1H3,(H,20,22). The van der Waals surface area contributed by atoms with Gasteiger partial charge >= 0.3 is 0 Å². The molecule has 0 aromatic heterocycles. The summed E-state index contributed by atoms with van der Waals surface area (Å²) >= 11 is 0. The number of carbonyl (C=O) groups is 1. The average molecular weight is 367 g/mol. The molecule has 1 amide bonds. The first-order valence-electron chi connectivity index (χ1n) is 9.24. The van der Waals surface area contributed by atoms with Gasteiger partial charge in [0.05, 0.1) is 6.26 Å². The Balaban J connectivity index is 1.78. The molecule has 0 unspecified atom stereocenters. The Labute approximate surface area is 151 Å². The van der Waals surface area contributed by atoms with Crippen LogP contribution in [0, 0.1) is 0 Å². The van der Waals surface area contributed by atoms with E-state index in [-0.39, 0.29) is 11.9 Å². The molecule has 140 valence electrons. The zero-order chi connectivity index (χ0) is 18.1. The van der Waals surface area contributed by atoms with E-state index in [4.69, 9.17) is 0 Å². The Morgan fingerprint density at radius 3 is 2.36 bits per heavy atom. The second-order valence-electron chi connectivity index (χ2n) is 6.85. The van der Waals surface area contributed by atoms with Crippen molar-refractivity contribution in [2.75, 3.05) is 19.3 Å². The average Bonchev–Trinajstić information content (AvgIpc) is 2.86. The molecule has 0 bridgehead atoms. The predicted octanol–water partition coefficient (Wildman–Crippen LogP) is 2.72. The van der Waals surface area contributed by atoms with Crippen LogP contribution < -0.4 is 5.32 Å². The molecule has 1 aliphatic rings. The van der Waals surface area contributed by atoms with Crippen molar-refractivity contribution in [3.05, 3.63) is 35.9 Å². The van der Waals surface area contributed by atoms with Crippen LogP contribution in [-0.4, -0.2) is 44.0 Å². The Bertz CT molecular complexity index is 623. The minimum Gasteiger partial charge on any atom is -0.355 e. The zero-order valence-corrected chi connectivity index (χ0v) is 15.9. The molecule has 1 aliphatic carbocycles. The summed E-state index contributed by atoms with van der Waals surface area (Å²) in [5.74, 6) is -0.0295. The van der Waals surface area contributed by atoms with Crippen LogP contribution in [0.4, 0.5) is 0 Å². The number of hydrogen-bond acceptors (Lipinski definition) is 3. The predicted molar refractivity (Wildman–Crippen MR) is 101 cm³/mol. The van der Waals surface area contributed by atoms with Crippen LogP contribution in [0.25, 0.3) is 0 Å². The first-order valence-corrected chi connectivity index (χ1v) is 11.1. The van der Waals surface area contributed by atoms with E-state index in [9.17, 15) is 13.2 Å². The lowest BCUT2D eigenvalue weighted by Gasteiger charge is -2.29. The van der Waals surface area contributed by atoms with Crippen molar-refractivity contribution in [3.8, 4) is 0 Å². The Kier molecular flexibility index (Phi) is 7.90. The Morgan fingerprint density at radius 1 is 1.12 bits per heavy atom. The summed E-state index contributed by atoms with van der Waals surface area (Å²) in [6.07, 6.45) is 8.78. The Morgan fingerprint density at radius 2 is 1.76 bits per heavy atom. The van der Waals surface area contributed by atoms with Gasteiger partial charge in [0, 0.05) is 25.6 Å². The maximum Gasteiger partial charge on any atom is 0.220 e. The molecule has 1 aromatic rings. The van der Waals surface area contributed by atoms with Crippen LogP contribution in [0.2, 0.25) is 0 Å². The van der Waals surface area contributed by atoms with Crippen LogP contribution >= 0.6 is 0 Å². The van der Waals surface area contributed by atoms with Gasteiger partial charge in [-0.2, -0.15) is 4.31 Å². The third-order valence-corrected chi connectivity index (χ3v) is 6.13. The van der Waals surface area contributed by atoms with Crippen molar-refractivity contribution in [2.24, 2.45) is 0 Å². The molecule has 1 aromatic carbocycles. The summed E-state index contributed by atoms with van der Waals surface area (Å²) in [7, 11) is -3.25. The van der Waals surface area contributed by atoms with E-state index in [0.29, 0.717) is 25.9 Å². The number of nitrogens with zero attached hydrogens (tertiary/aromatic N) is 1. The van der Waals surface area contributed by atoms with E-state index in [0.717, 1.165) is 31.2 Å². The van der Waals surface area contributed by atoms with Crippen molar-refractivity contribution >= 4 is 15.9 Å². The fourth-order valence-electron chi connectivity index (χ4n) is 3.46. The topological polar surface area (TPSA) is 66.5 Å². The van der Waals surface area contributed by atoms with Gasteiger partial charge in [0.1, 0.15) is 0 Å². The lowest BCUT2D eigenvalue weighted by atomic mass is 10.1. The van der Waals surface area contributed by atoms with Crippen molar-refractivity contribution in [1.29, 1.82) is 0 Å². The number of hydrogen-bond donors (Lipinski definition) is 1. The third-order valence-electron chi connectivity index (χ3n) is 4.80. The van der Waals surface area contributed by atoms with Gasteiger partial charge in [-0.05, 0) is 24.8 Å². The van der Waals surface area contributed by atoms with E-state index < -0.39 is 10.0 Å². The lowest BCUT2D eigenvalue weighted by Crippen LogP contribution is -2.44. The molecule has 6 heteroatoms. The van der Waals surface area contributed by atoms with Gasteiger partial charge in [0.2, 0.25) is 15.9 Å². The summed E-state index contributed by atoms with van der Waals surface area (Å²) < 4.78 is 25.9. The molecule has 0 heterocycles. The van der Waals surface area contributed by atoms with Gasteiger partial charge in [-0.3, -0.25) is 4.79 Å². The van der Waals surface area contributed by atoms with E-state index in [1.54, 1.807) is 4.31 Å². The number of amides is 1. The molecule has 2 rings (SSSR count). The molecule has 0 aliphatic heterocycles. The van der Waals surface area contributed by atoms with Gasteiger partial charge < -0.3 is 5.32 Å². The maximum atomic E-state index is 12.1. The minimum atomic E-state index is -3.25. The summed E-state index contributed by atoms with van der Waals surface area (Å²) in [4.78, 5) is 12.0. The molecule has 5 nitrogen and oxygen atoms in total. The fourth-order valence-corrected chi connectivity index (χ4v) is 4.64. The summed E-state index contributed by atoms with van der Waals surface area (Å²) in [5.41, 5.74) is 1.13. The van der Waals surface area contributed by atoms with Gasteiger partial charge in [-0.1, -0.05) is 56.0 Å². The van der Waals surface area contributed by atoms with Crippen molar-refractivity contribution in [2.45, 2.75) is 57.4 Å². The first kappa shape index (κ1) is 19.9. The number of nitrogens with one attached hydrogen (secondary N) is 1. The van der Waals surface area contributed by atoms with Crippen molar-refractivity contribution in [1.82, 2.24) is 9.62 Å². The maximum absolute atomic E-state index is 12.1. The van der Waals surface area contributed by atoms with Crippen LogP contribution in [0.1, 0.15) is 50.5 Å². The lowest BCUT2D eigenvalue weighted by molar-refractivity contribution is -0.121. The number of carbonyl (C=O) groups excluding carboxylic acids is 1. The second-order valence-corrected chi connectivity index (χ2v) is 8.79. The quantitative estimate of drug-likeness (QED) is 0.720. The number of sulfonamides is 1. The van der Waals surface area contributed by atoms with Gasteiger partial charge in [0.25, 0.3) is 0 Å². The fraction of sp³-hybridized carbons (Fsp3) is 0.632. The van der Waals surface area contributed by atoms with Crippen molar-refractivity contribution in [3.63, 3.8) is 0 Å². The minimum absolute atomic E-state index is 0.0295.